The Balaban J connectivity index is 1.82. The van der Waals surface area contributed by atoms with E-state index in [0.717, 1.165) is 25.9 Å². The van der Waals surface area contributed by atoms with Crippen molar-refractivity contribution in [2.24, 2.45) is 0 Å². The summed E-state index contributed by atoms with van der Waals surface area (Å²) in [4.78, 5) is 11.4. The van der Waals surface area contributed by atoms with Gasteiger partial charge in [0.05, 0.1) is 12.1 Å². The molecule has 3 rings (SSSR count). The lowest BCUT2D eigenvalue weighted by atomic mass is 9.88. The predicted octanol–water partition coefficient (Wildman–Crippen LogP) is 2.85. The average molecular weight is 219 g/mol. The van der Waals surface area contributed by atoms with Crippen molar-refractivity contribution in [3.05, 3.63) is 35.9 Å². The second kappa shape index (κ2) is 3.84. The highest BCUT2D eigenvalue weighted by Crippen LogP contribution is 2.44. The highest BCUT2D eigenvalue weighted by Gasteiger charge is 2.46. The topological polar surface area (TPSA) is 21.7 Å². The van der Waals surface area contributed by atoms with Crippen molar-refractivity contribution in [1.29, 1.82) is 0 Å². The normalized spacial score (nSPS) is 34.9. The van der Waals surface area contributed by atoms with Crippen LogP contribution in [0.5, 0.6) is 0 Å². The lowest BCUT2D eigenvalue weighted by Gasteiger charge is -2.35. The summed E-state index contributed by atoms with van der Waals surface area (Å²) in [7, 11) is 0. The Labute approximate surface area is 95.9 Å². The monoisotopic (exact) mass is 219 g/mol. The van der Waals surface area contributed by atoms with Gasteiger partial charge >= 0.3 is 0 Å². The molecule has 2 fully saturated rings. The molecular formula is C13H17NO2. The second-order valence-corrected chi connectivity index (χ2v) is 4.90. The number of fused-ring (bicyclic) bond motifs is 1. The molecule has 0 N–H and O–H groups in total. The van der Waals surface area contributed by atoms with E-state index in [1.165, 1.54) is 5.56 Å². The fourth-order valence-electron chi connectivity index (χ4n) is 2.58. The standard InChI is InChI=1S/C13H17NO2/c1-13-8-5-9-15-14(13)16-12(10-13)11-6-3-2-4-7-11/h2-4,6-7,12H,5,8-10H2,1H3/t12-,13+/m1/s1. The molecule has 2 aliphatic rings. The van der Waals surface area contributed by atoms with Gasteiger partial charge in [-0.25, -0.2) is 0 Å². The van der Waals surface area contributed by atoms with Crippen LogP contribution in [-0.2, 0) is 9.68 Å². The minimum Gasteiger partial charge on any atom is -0.274 e. The maximum atomic E-state index is 5.87. The highest BCUT2D eigenvalue weighted by atomic mass is 17.0. The van der Waals surface area contributed by atoms with Crippen LogP contribution in [0, 0.1) is 0 Å². The maximum Gasteiger partial charge on any atom is 0.109 e. The molecule has 2 aliphatic heterocycles. The van der Waals surface area contributed by atoms with E-state index in [1.807, 2.05) is 6.07 Å². The van der Waals surface area contributed by atoms with Gasteiger partial charge in [-0.2, -0.15) is 0 Å². The molecule has 0 spiro atoms. The van der Waals surface area contributed by atoms with Crippen LogP contribution in [-0.4, -0.2) is 17.4 Å². The minimum atomic E-state index is 0.0543. The van der Waals surface area contributed by atoms with Crippen molar-refractivity contribution in [3.8, 4) is 0 Å². The molecule has 3 heteroatoms. The van der Waals surface area contributed by atoms with E-state index in [9.17, 15) is 0 Å². The van der Waals surface area contributed by atoms with Gasteiger partial charge in [-0.3, -0.25) is 9.68 Å². The summed E-state index contributed by atoms with van der Waals surface area (Å²) >= 11 is 0. The Kier molecular flexibility index (Phi) is 2.46. The fraction of sp³-hybridized carbons (Fsp3) is 0.538. The van der Waals surface area contributed by atoms with Crippen LogP contribution < -0.4 is 0 Å². The molecule has 0 bridgehead atoms. The van der Waals surface area contributed by atoms with E-state index >= 15 is 0 Å². The molecule has 86 valence electrons. The lowest BCUT2D eigenvalue weighted by Crippen LogP contribution is -2.43. The molecule has 0 aromatic heterocycles. The molecule has 2 heterocycles. The first-order chi connectivity index (χ1) is 7.78. The molecule has 0 amide bonds. The van der Waals surface area contributed by atoms with Crippen LogP contribution in [0.1, 0.15) is 37.9 Å². The third-order valence-corrected chi connectivity index (χ3v) is 3.53. The molecule has 2 atom stereocenters. The average Bonchev–Trinajstić information content (AvgIpc) is 2.67. The van der Waals surface area contributed by atoms with Gasteiger partial charge in [-0.1, -0.05) is 35.6 Å². The van der Waals surface area contributed by atoms with E-state index < -0.39 is 0 Å². The van der Waals surface area contributed by atoms with E-state index in [1.54, 1.807) is 5.23 Å². The van der Waals surface area contributed by atoms with Gasteiger partial charge in [0.15, 0.2) is 0 Å². The molecule has 3 nitrogen and oxygen atoms in total. The summed E-state index contributed by atoms with van der Waals surface area (Å²) in [5, 5.41) is 1.73. The Morgan fingerprint density at radius 1 is 1.31 bits per heavy atom. The van der Waals surface area contributed by atoms with Gasteiger partial charge in [-0.15, -0.1) is 0 Å². The first-order valence-corrected chi connectivity index (χ1v) is 5.93. The third kappa shape index (κ3) is 1.65. The van der Waals surface area contributed by atoms with Gasteiger partial charge in [0.2, 0.25) is 0 Å². The van der Waals surface area contributed by atoms with Crippen molar-refractivity contribution in [2.45, 2.75) is 37.8 Å². The van der Waals surface area contributed by atoms with E-state index in [2.05, 4.69) is 31.2 Å². The summed E-state index contributed by atoms with van der Waals surface area (Å²) in [5.41, 5.74) is 1.29. The quantitative estimate of drug-likeness (QED) is 0.725. The molecule has 0 radical (unpaired) electrons. The van der Waals surface area contributed by atoms with Crippen molar-refractivity contribution in [2.75, 3.05) is 6.61 Å². The number of hydrogen-bond acceptors (Lipinski definition) is 3. The second-order valence-electron chi connectivity index (χ2n) is 4.90. The smallest absolute Gasteiger partial charge is 0.109 e. The van der Waals surface area contributed by atoms with Crippen LogP contribution in [0.25, 0.3) is 0 Å². The fourth-order valence-corrected chi connectivity index (χ4v) is 2.58. The first-order valence-electron chi connectivity index (χ1n) is 5.93. The summed E-state index contributed by atoms with van der Waals surface area (Å²) in [6.07, 6.45) is 3.43. The van der Waals surface area contributed by atoms with Gasteiger partial charge in [-0.05, 0) is 25.3 Å². The van der Waals surface area contributed by atoms with Crippen LogP contribution in [0.3, 0.4) is 0 Å². The molecule has 0 saturated carbocycles. The van der Waals surface area contributed by atoms with Gasteiger partial charge in [0, 0.05) is 6.42 Å². The maximum absolute atomic E-state index is 5.87. The van der Waals surface area contributed by atoms with Gasteiger partial charge in [0.1, 0.15) is 6.10 Å². The van der Waals surface area contributed by atoms with Crippen molar-refractivity contribution in [1.82, 2.24) is 5.23 Å². The molecule has 0 unspecified atom stereocenters. The van der Waals surface area contributed by atoms with Crippen LogP contribution in [0.2, 0.25) is 0 Å². The van der Waals surface area contributed by atoms with Crippen molar-refractivity contribution >= 4 is 0 Å². The van der Waals surface area contributed by atoms with Crippen molar-refractivity contribution in [3.63, 3.8) is 0 Å². The zero-order chi connectivity index (χ0) is 11.0. The number of rotatable bonds is 1. The Morgan fingerprint density at radius 2 is 2.12 bits per heavy atom. The molecule has 1 aromatic carbocycles. The summed E-state index contributed by atoms with van der Waals surface area (Å²) in [5.74, 6) is 0. The Bertz CT molecular complexity index is 367. The predicted molar refractivity (Wildman–Crippen MR) is 60.3 cm³/mol. The SMILES string of the molecule is C[C@@]12CCCON1O[C@@H](c1ccccc1)C2. The number of nitrogens with zero attached hydrogens (tertiary/aromatic N) is 1. The van der Waals surface area contributed by atoms with Crippen molar-refractivity contribution < 1.29 is 9.68 Å². The van der Waals surface area contributed by atoms with Crippen LogP contribution >= 0.6 is 0 Å². The molecule has 1 aromatic rings. The summed E-state index contributed by atoms with van der Waals surface area (Å²) < 4.78 is 0. The Hall–Kier alpha value is -0.900. The lowest BCUT2D eigenvalue weighted by molar-refractivity contribution is -0.402. The minimum absolute atomic E-state index is 0.0543. The zero-order valence-electron chi connectivity index (χ0n) is 9.56. The number of hydrogen-bond donors (Lipinski definition) is 0. The van der Waals surface area contributed by atoms with Gasteiger partial charge in [0.25, 0.3) is 0 Å². The number of hydroxylamine groups is 2. The molecule has 0 aliphatic carbocycles. The van der Waals surface area contributed by atoms with E-state index in [0.29, 0.717) is 0 Å². The highest BCUT2D eigenvalue weighted by molar-refractivity contribution is 5.19. The molecule has 2 saturated heterocycles. The first kappa shape index (κ1) is 10.3. The summed E-state index contributed by atoms with van der Waals surface area (Å²) in [6.45, 7) is 2.99. The largest absolute Gasteiger partial charge is 0.274 e. The molecular weight excluding hydrogens is 202 g/mol. The zero-order valence-corrected chi connectivity index (χ0v) is 9.56. The number of benzene rings is 1. The Morgan fingerprint density at radius 3 is 2.88 bits per heavy atom. The van der Waals surface area contributed by atoms with E-state index in [4.69, 9.17) is 9.68 Å². The van der Waals surface area contributed by atoms with Crippen LogP contribution in [0.4, 0.5) is 0 Å². The third-order valence-electron chi connectivity index (χ3n) is 3.53. The summed E-state index contributed by atoms with van der Waals surface area (Å²) in [6, 6.07) is 10.4. The van der Waals surface area contributed by atoms with Gasteiger partial charge < -0.3 is 0 Å². The van der Waals surface area contributed by atoms with Crippen LogP contribution in [0.15, 0.2) is 30.3 Å². The molecule has 16 heavy (non-hydrogen) atoms. The van der Waals surface area contributed by atoms with E-state index in [-0.39, 0.29) is 11.6 Å².